The molecule has 0 amide bonds. The summed E-state index contributed by atoms with van der Waals surface area (Å²) in [6.07, 6.45) is -13.3. The van der Waals surface area contributed by atoms with E-state index >= 15 is 0 Å². The largest absolute Gasteiger partial charge is 0.497 e. The minimum atomic E-state index is -8.35. The summed E-state index contributed by atoms with van der Waals surface area (Å²) in [6, 6.07) is 3.33. The predicted molar refractivity (Wildman–Crippen MR) is 78.3 cm³/mol. The number of hydrogen-bond acceptors (Lipinski definition) is 2. The molecule has 1 rings (SSSR count). The van der Waals surface area contributed by atoms with Crippen molar-refractivity contribution in [2.45, 2.75) is 54.2 Å². The van der Waals surface area contributed by atoms with Gasteiger partial charge in [-0.2, -0.15) is 65.9 Å². The van der Waals surface area contributed by atoms with Crippen LogP contribution in [0.3, 0.4) is 0 Å². The molecule has 0 aliphatic carbocycles. The van der Waals surface area contributed by atoms with Crippen LogP contribution in [0.5, 0.6) is 5.75 Å². The van der Waals surface area contributed by atoms with Crippen molar-refractivity contribution in [3.05, 3.63) is 29.8 Å². The molecule has 0 aliphatic rings. The lowest BCUT2D eigenvalue weighted by atomic mass is 9.88. The van der Waals surface area contributed by atoms with Gasteiger partial charge in [0, 0.05) is 6.42 Å². The highest BCUT2D eigenvalue weighted by molar-refractivity contribution is 5.28. The van der Waals surface area contributed by atoms with Crippen molar-refractivity contribution in [1.82, 2.24) is 0 Å². The molecule has 0 spiro atoms. The Morgan fingerprint density at radius 2 is 1.00 bits per heavy atom. The van der Waals surface area contributed by atoms with Crippen molar-refractivity contribution < 1.29 is 75.7 Å². The van der Waals surface area contributed by atoms with E-state index in [4.69, 9.17) is 0 Å². The van der Waals surface area contributed by atoms with E-state index < -0.39 is 59.8 Å². The normalized spacial score (nSPS) is 16.0. The first-order valence-corrected chi connectivity index (χ1v) is 8.08. The Bertz CT molecular complexity index is 814. The molecule has 0 aliphatic heterocycles. The van der Waals surface area contributed by atoms with Gasteiger partial charge in [-0.25, -0.2) is 0 Å². The molecule has 1 aromatic carbocycles. The first kappa shape index (κ1) is 29.0. The average Bonchev–Trinajstić information content (AvgIpc) is 2.65. The number of aliphatic hydroxyl groups is 1. The van der Waals surface area contributed by atoms with Gasteiger partial charge in [0.05, 0.1) is 13.2 Å². The monoisotopic (exact) mass is 520 g/mol. The molecule has 17 heteroatoms. The van der Waals surface area contributed by atoms with E-state index in [1.54, 1.807) is 0 Å². The molecule has 1 N–H and O–H groups in total. The Morgan fingerprint density at radius 3 is 1.36 bits per heavy atom. The molecule has 1 unspecified atom stereocenters. The zero-order valence-corrected chi connectivity index (χ0v) is 15.6. The van der Waals surface area contributed by atoms with Gasteiger partial charge in [-0.3, -0.25) is 0 Å². The van der Waals surface area contributed by atoms with Crippen molar-refractivity contribution in [2.24, 2.45) is 0 Å². The lowest BCUT2D eigenvalue weighted by molar-refractivity contribution is -0.453. The van der Waals surface area contributed by atoms with Gasteiger partial charge in [-0.05, 0) is 17.7 Å². The summed E-state index contributed by atoms with van der Waals surface area (Å²) < 4.78 is 201. The third kappa shape index (κ3) is 4.39. The van der Waals surface area contributed by atoms with Crippen LogP contribution < -0.4 is 4.74 Å². The van der Waals surface area contributed by atoms with Gasteiger partial charge in [0.25, 0.3) is 0 Å². The van der Waals surface area contributed by atoms with Gasteiger partial charge < -0.3 is 9.84 Å². The summed E-state index contributed by atoms with van der Waals surface area (Å²) in [7, 11) is 1.11. The van der Waals surface area contributed by atoms with Crippen LogP contribution in [0, 0.1) is 0 Å². The Hall–Kier alpha value is -2.07. The van der Waals surface area contributed by atoms with Crippen LogP contribution in [0.1, 0.15) is 18.1 Å². The first-order chi connectivity index (χ1) is 14.4. The fraction of sp³-hybridized carbons (Fsp3) is 0.625. The lowest BCUT2D eigenvalue weighted by Crippen LogP contribution is -2.72. The number of halogens is 15. The number of alkyl halides is 15. The van der Waals surface area contributed by atoms with E-state index in [1.807, 2.05) is 0 Å². The van der Waals surface area contributed by atoms with E-state index in [1.165, 1.54) is 0 Å². The SMILES string of the molecule is COc1ccc(C(O)CC(F)(F)C(F)(F)C(F)(F)C(F)(F)C(F)(F)C(F)(F)C(F)(F)F)cc1. The van der Waals surface area contributed by atoms with E-state index in [0.717, 1.165) is 31.4 Å². The van der Waals surface area contributed by atoms with Crippen molar-refractivity contribution >= 4 is 0 Å². The van der Waals surface area contributed by atoms with Crippen molar-refractivity contribution in [1.29, 1.82) is 0 Å². The predicted octanol–water partition coefficient (Wildman–Crippen LogP) is 6.49. The summed E-state index contributed by atoms with van der Waals surface area (Å²) in [5.74, 6) is -47.0. The van der Waals surface area contributed by atoms with Crippen LogP contribution in [0.4, 0.5) is 65.9 Å². The molecule has 2 nitrogen and oxygen atoms in total. The van der Waals surface area contributed by atoms with Gasteiger partial charge in [0.1, 0.15) is 5.75 Å². The molecule has 33 heavy (non-hydrogen) atoms. The third-order valence-electron chi connectivity index (χ3n) is 4.34. The zero-order valence-electron chi connectivity index (χ0n) is 15.6. The molecule has 0 aromatic heterocycles. The maximum Gasteiger partial charge on any atom is 0.460 e. The highest BCUT2D eigenvalue weighted by Gasteiger charge is 2.93. The summed E-state index contributed by atoms with van der Waals surface area (Å²) >= 11 is 0. The second kappa shape index (κ2) is 8.30. The minimum absolute atomic E-state index is 0.0158. The van der Waals surface area contributed by atoms with Crippen molar-refractivity contribution in [3.8, 4) is 5.75 Å². The Kier molecular flexibility index (Phi) is 7.29. The van der Waals surface area contributed by atoms with Gasteiger partial charge in [0.15, 0.2) is 0 Å². The number of benzene rings is 1. The molecule has 1 atom stereocenters. The summed E-state index contributed by atoms with van der Waals surface area (Å²) in [5, 5.41) is 9.54. The lowest BCUT2D eigenvalue weighted by Gasteiger charge is -2.41. The Morgan fingerprint density at radius 1 is 0.636 bits per heavy atom. The molecule has 0 radical (unpaired) electrons. The molecule has 0 saturated carbocycles. The smallest absolute Gasteiger partial charge is 0.460 e. The molecule has 0 heterocycles. The summed E-state index contributed by atoms with van der Waals surface area (Å²) in [4.78, 5) is 0. The van der Waals surface area contributed by atoms with Crippen LogP contribution in [0.2, 0.25) is 0 Å². The first-order valence-electron chi connectivity index (χ1n) is 8.08. The standard InChI is InChI=1S/C16H11F15O2/c1-33-8-4-2-7(3-5-8)9(32)6-10(17,18)11(19,20)12(21,22)13(23,24)14(25,26)15(27,28)16(29,30)31/h2-5,9,32H,6H2,1H3. The topological polar surface area (TPSA) is 29.5 Å². The van der Waals surface area contributed by atoms with Gasteiger partial charge in [0.2, 0.25) is 0 Å². The number of methoxy groups -OCH3 is 1. The summed E-state index contributed by atoms with van der Waals surface area (Å²) in [5.41, 5.74) is -0.713. The number of ether oxygens (including phenoxy) is 1. The number of rotatable bonds is 9. The van der Waals surface area contributed by atoms with Gasteiger partial charge in [-0.15, -0.1) is 0 Å². The second-order valence-electron chi connectivity index (χ2n) is 6.57. The van der Waals surface area contributed by atoms with E-state index in [9.17, 15) is 71.0 Å². The highest BCUT2D eigenvalue weighted by Crippen LogP contribution is 2.63. The third-order valence-corrected chi connectivity index (χ3v) is 4.34. The Balaban J connectivity index is 3.40. The second-order valence-corrected chi connectivity index (χ2v) is 6.57. The fourth-order valence-corrected chi connectivity index (χ4v) is 2.31. The average molecular weight is 520 g/mol. The minimum Gasteiger partial charge on any atom is -0.497 e. The maximum absolute atomic E-state index is 13.8. The quantitative estimate of drug-likeness (QED) is 0.378. The van der Waals surface area contributed by atoms with Crippen LogP contribution in [-0.2, 0) is 0 Å². The van der Waals surface area contributed by atoms with Crippen LogP contribution in [0.15, 0.2) is 24.3 Å². The Labute approximate surface area is 173 Å². The molecule has 192 valence electrons. The molecule has 0 fully saturated rings. The molecule has 1 aromatic rings. The molecular weight excluding hydrogens is 509 g/mol. The summed E-state index contributed by atoms with van der Waals surface area (Å²) in [6.45, 7) is 0. The number of aliphatic hydroxyl groups excluding tert-OH is 1. The molecular formula is C16H11F15O2. The van der Waals surface area contributed by atoms with Gasteiger partial charge in [-0.1, -0.05) is 12.1 Å². The van der Waals surface area contributed by atoms with E-state index in [-0.39, 0.29) is 5.75 Å². The van der Waals surface area contributed by atoms with E-state index in [0.29, 0.717) is 0 Å². The molecule has 0 saturated heterocycles. The van der Waals surface area contributed by atoms with Crippen LogP contribution in [0.25, 0.3) is 0 Å². The van der Waals surface area contributed by atoms with Crippen molar-refractivity contribution in [2.75, 3.05) is 7.11 Å². The fourth-order valence-electron chi connectivity index (χ4n) is 2.31. The van der Waals surface area contributed by atoms with Crippen LogP contribution >= 0.6 is 0 Å². The zero-order chi connectivity index (χ0) is 26.5. The maximum atomic E-state index is 13.8. The van der Waals surface area contributed by atoms with E-state index in [2.05, 4.69) is 4.74 Å². The number of hydrogen-bond donors (Lipinski definition) is 1. The van der Waals surface area contributed by atoms with Crippen molar-refractivity contribution in [3.63, 3.8) is 0 Å². The molecule has 0 bridgehead atoms. The van der Waals surface area contributed by atoms with Crippen LogP contribution in [-0.4, -0.2) is 53.9 Å². The highest BCUT2D eigenvalue weighted by atomic mass is 19.4. The van der Waals surface area contributed by atoms with Gasteiger partial charge >= 0.3 is 41.7 Å².